The standard InChI is InChI=1S/C13H15F2NO3/c14-12(15)8-19-11-4-2-1-3-10(11)16-6-9(7-17)5-13(16)18/h1-4,9,12,17H,5-8H2. The molecule has 19 heavy (non-hydrogen) atoms. The van der Waals surface area contributed by atoms with E-state index in [9.17, 15) is 13.6 Å². The molecule has 6 heteroatoms. The molecule has 1 atom stereocenters. The molecule has 4 nitrogen and oxygen atoms in total. The first-order valence-corrected chi connectivity index (χ1v) is 6.03. The summed E-state index contributed by atoms with van der Waals surface area (Å²) in [6, 6.07) is 6.58. The monoisotopic (exact) mass is 271 g/mol. The molecule has 0 aromatic heterocycles. The van der Waals surface area contributed by atoms with E-state index in [4.69, 9.17) is 9.84 Å². The largest absolute Gasteiger partial charge is 0.485 e. The Morgan fingerprint density at radius 2 is 2.16 bits per heavy atom. The molecule has 1 heterocycles. The normalized spacial score (nSPS) is 19.3. The van der Waals surface area contributed by atoms with Crippen molar-refractivity contribution in [1.82, 2.24) is 0 Å². The molecule has 104 valence electrons. The number of carbonyl (C=O) groups excluding carboxylic acids is 1. The van der Waals surface area contributed by atoms with Crippen molar-refractivity contribution < 1.29 is 23.4 Å². The SMILES string of the molecule is O=C1CC(CO)CN1c1ccccc1OCC(F)F. The van der Waals surface area contributed by atoms with Gasteiger partial charge in [0.05, 0.1) is 5.69 Å². The van der Waals surface area contributed by atoms with Crippen molar-refractivity contribution in [2.24, 2.45) is 5.92 Å². The minimum atomic E-state index is -2.56. The van der Waals surface area contributed by atoms with E-state index in [1.165, 1.54) is 4.90 Å². The fraction of sp³-hybridized carbons (Fsp3) is 0.462. The molecule has 1 N–H and O–H groups in total. The second-order valence-electron chi connectivity index (χ2n) is 4.43. The Morgan fingerprint density at radius 1 is 1.42 bits per heavy atom. The summed E-state index contributed by atoms with van der Waals surface area (Å²) < 4.78 is 29.4. The molecule has 0 saturated carbocycles. The van der Waals surface area contributed by atoms with Crippen molar-refractivity contribution in [3.05, 3.63) is 24.3 Å². The lowest BCUT2D eigenvalue weighted by molar-refractivity contribution is -0.117. The van der Waals surface area contributed by atoms with Gasteiger partial charge in [0.2, 0.25) is 5.91 Å². The first kappa shape index (κ1) is 13.7. The minimum Gasteiger partial charge on any atom is -0.485 e. The summed E-state index contributed by atoms with van der Waals surface area (Å²) in [4.78, 5) is 13.3. The molecule has 1 amide bonds. The van der Waals surface area contributed by atoms with Crippen LogP contribution in [0, 0.1) is 5.92 Å². The van der Waals surface area contributed by atoms with E-state index in [-0.39, 0.29) is 30.6 Å². The molecule has 0 spiro atoms. The van der Waals surface area contributed by atoms with Crippen LogP contribution in [0.3, 0.4) is 0 Å². The van der Waals surface area contributed by atoms with Gasteiger partial charge in [0.1, 0.15) is 12.4 Å². The van der Waals surface area contributed by atoms with E-state index in [2.05, 4.69) is 0 Å². The van der Waals surface area contributed by atoms with Crippen LogP contribution in [0.2, 0.25) is 0 Å². The molecule has 0 radical (unpaired) electrons. The summed E-state index contributed by atoms with van der Waals surface area (Å²) in [5, 5.41) is 9.08. The number of aliphatic hydroxyl groups is 1. The Morgan fingerprint density at radius 3 is 2.79 bits per heavy atom. The summed E-state index contributed by atoms with van der Waals surface area (Å²) in [5.74, 6) is 0.0116. The van der Waals surface area contributed by atoms with Gasteiger partial charge < -0.3 is 14.7 Å². The van der Waals surface area contributed by atoms with Crippen LogP contribution in [0.1, 0.15) is 6.42 Å². The lowest BCUT2D eigenvalue weighted by Gasteiger charge is -2.20. The highest BCUT2D eigenvalue weighted by atomic mass is 19.3. The second-order valence-corrected chi connectivity index (χ2v) is 4.43. The third-order valence-electron chi connectivity index (χ3n) is 2.98. The van der Waals surface area contributed by atoms with E-state index in [0.717, 1.165) is 0 Å². The number of benzene rings is 1. The Balaban J connectivity index is 2.17. The molecule has 1 unspecified atom stereocenters. The van der Waals surface area contributed by atoms with E-state index >= 15 is 0 Å². The summed E-state index contributed by atoms with van der Waals surface area (Å²) in [7, 11) is 0. The average molecular weight is 271 g/mol. The first-order chi connectivity index (χ1) is 9.11. The summed E-state index contributed by atoms with van der Waals surface area (Å²) in [6.45, 7) is -0.394. The lowest BCUT2D eigenvalue weighted by atomic mass is 10.1. The van der Waals surface area contributed by atoms with Crippen molar-refractivity contribution in [1.29, 1.82) is 0 Å². The maximum Gasteiger partial charge on any atom is 0.272 e. The van der Waals surface area contributed by atoms with Crippen molar-refractivity contribution in [3.63, 3.8) is 0 Å². The smallest absolute Gasteiger partial charge is 0.272 e. The number of alkyl halides is 2. The molecule has 0 bridgehead atoms. The van der Waals surface area contributed by atoms with Crippen molar-refractivity contribution >= 4 is 11.6 Å². The number of rotatable bonds is 5. The van der Waals surface area contributed by atoms with Crippen LogP contribution in [0.15, 0.2) is 24.3 Å². The second kappa shape index (κ2) is 5.97. The van der Waals surface area contributed by atoms with Gasteiger partial charge in [0, 0.05) is 25.5 Å². The van der Waals surface area contributed by atoms with Gasteiger partial charge in [-0.05, 0) is 12.1 Å². The van der Waals surface area contributed by atoms with Crippen molar-refractivity contribution in [2.75, 3.05) is 24.7 Å². The molecule has 1 aliphatic rings. The molecule has 1 aromatic carbocycles. The van der Waals surface area contributed by atoms with Gasteiger partial charge in [-0.3, -0.25) is 4.79 Å². The maximum absolute atomic E-state index is 12.2. The highest BCUT2D eigenvalue weighted by molar-refractivity contribution is 5.97. The number of halogens is 2. The van der Waals surface area contributed by atoms with Crippen LogP contribution in [0.25, 0.3) is 0 Å². The zero-order chi connectivity index (χ0) is 13.8. The van der Waals surface area contributed by atoms with Crippen LogP contribution in [0.4, 0.5) is 14.5 Å². The third kappa shape index (κ3) is 3.20. The highest BCUT2D eigenvalue weighted by Crippen LogP contribution is 2.33. The topological polar surface area (TPSA) is 49.8 Å². The van der Waals surface area contributed by atoms with E-state index < -0.39 is 13.0 Å². The van der Waals surface area contributed by atoms with Crippen LogP contribution in [0.5, 0.6) is 5.75 Å². The number of carbonyl (C=O) groups is 1. The Labute approximate surface area is 109 Å². The molecule has 1 fully saturated rings. The number of hydrogen-bond acceptors (Lipinski definition) is 3. The lowest BCUT2D eigenvalue weighted by Crippen LogP contribution is -2.25. The summed E-state index contributed by atoms with van der Waals surface area (Å²) >= 11 is 0. The van der Waals surface area contributed by atoms with Gasteiger partial charge in [-0.2, -0.15) is 0 Å². The van der Waals surface area contributed by atoms with E-state index in [0.29, 0.717) is 12.2 Å². The fourth-order valence-corrected chi connectivity index (χ4v) is 2.09. The van der Waals surface area contributed by atoms with E-state index in [1.54, 1.807) is 24.3 Å². The van der Waals surface area contributed by atoms with Gasteiger partial charge in [0.15, 0.2) is 0 Å². The van der Waals surface area contributed by atoms with Gasteiger partial charge in [-0.25, -0.2) is 8.78 Å². The molecule has 2 rings (SSSR count). The Bertz CT molecular complexity index is 453. The van der Waals surface area contributed by atoms with E-state index in [1.807, 2.05) is 0 Å². The highest BCUT2D eigenvalue weighted by Gasteiger charge is 2.31. The maximum atomic E-state index is 12.2. The zero-order valence-electron chi connectivity index (χ0n) is 10.3. The van der Waals surface area contributed by atoms with Crippen LogP contribution >= 0.6 is 0 Å². The number of para-hydroxylation sites is 2. The van der Waals surface area contributed by atoms with Crippen molar-refractivity contribution in [3.8, 4) is 5.75 Å². The van der Waals surface area contributed by atoms with Gasteiger partial charge in [0.25, 0.3) is 6.43 Å². The fourth-order valence-electron chi connectivity index (χ4n) is 2.09. The molecule has 1 aromatic rings. The zero-order valence-corrected chi connectivity index (χ0v) is 10.3. The van der Waals surface area contributed by atoms with Crippen molar-refractivity contribution in [2.45, 2.75) is 12.8 Å². The number of nitrogens with zero attached hydrogens (tertiary/aromatic N) is 1. The predicted octanol–water partition coefficient (Wildman–Crippen LogP) is 1.68. The first-order valence-electron chi connectivity index (χ1n) is 6.03. The average Bonchev–Trinajstić information content (AvgIpc) is 2.78. The molecule has 1 saturated heterocycles. The van der Waals surface area contributed by atoms with Gasteiger partial charge >= 0.3 is 0 Å². The number of hydrogen-bond donors (Lipinski definition) is 1. The Hall–Kier alpha value is -1.69. The molecular weight excluding hydrogens is 256 g/mol. The number of aliphatic hydroxyl groups excluding tert-OH is 1. The van der Waals surface area contributed by atoms with Gasteiger partial charge in [-0.15, -0.1) is 0 Å². The molecule has 0 aliphatic carbocycles. The molecular formula is C13H15F2NO3. The van der Waals surface area contributed by atoms with Crippen LogP contribution in [-0.4, -0.2) is 37.2 Å². The quantitative estimate of drug-likeness (QED) is 0.886. The number of amides is 1. The summed E-state index contributed by atoms with van der Waals surface area (Å²) in [6.07, 6.45) is -2.30. The van der Waals surface area contributed by atoms with Crippen LogP contribution in [-0.2, 0) is 4.79 Å². The number of anilines is 1. The minimum absolute atomic E-state index is 0.0672. The summed E-state index contributed by atoms with van der Waals surface area (Å²) in [5.41, 5.74) is 0.476. The number of ether oxygens (including phenoxy) is 1. The van der Waals surface area contributed by atoms with Crippen LogP contribution < -0.4 is 9.64 Å². The Kier molecular flexibility index (Phi) is 4.31. The predicted molar refractivity (Wildman–Crippen MR) is 65.5 cm³/mol. The van der Waals surface area contributed by atoms with Gasteiger partial charge in [-0.1, -0.05) is 12.1 Å². The molecule has 1 aliphatic heterocycles. The third-order valence-corrected chi connectivity index (χ3v) is 2.98.